The maximum atomic E-state index is 12.8. The van der Waals surface area contributed by atoms with Crippen LogP contribution >= 0.6 is 11.8 Å². The van der Waals surface area contributed by atoms with Crippen molar-refractivity contribution in [2.24, 2.45) is 0 Å². The standard InChI is InChI=1S/C17H20N2O5S/c1-4-5-8-19-15(21)12-7-6-11(16(22)24-3)9-13(12)18-17(19)25-10-14(20)23-2/h6-7,9H,4-5,8,10H2,1-3H3. The molecular formula is C17H20N2O5S. The number of esters is 2. The quantitative estimate of drug-likeness (QED) is 0.423. The van der Waals surface area contributed by atoms with Crippen LogP contribution in [0.25, 0.3) is 10.9 Å². The number of unbranched alkanes of at least 4 members (excludes halogenated alkanes) is 1. The van der Waals surface area contributed by atoms with E-state index in [1.165, 1.54) is 20.3 Å². The molecule has 0 aliphatic carbocycles. The molecule has 7 nitrogen and oxygen atoms in total. The molecule has 134 valence electrons. The van der Waals surface area contributed by atoms with Crippen LogP contribution < -0.4 is 5.56 Å². The Morgan fingerprint density at radius 2 is 2.00 bits per heavy atom. The molecule has 2 aromatic rings. The molecule has 0 aliphatic rings. The molecule has 1 heterocycles. The molecule has 0 spiro atoms. The Morgan fingerprint density at radius 1 is 1.24 bits per heavy atom. The lowest BCUT2D eigenvalue weighted by molar-refractivity contribution is -0.137. The second kappa shape index (κ2) is 8.66. The minimum Gasteiger partial charge on any atom is -0.468 e. The zero-order valence-corrected chi connectivity index (χ0v) is 15.2. The molecule has 1 aromatic heterocycles. The van der Waals surface area contributed by atoms with Gasteiger partial charge in [0.25, 0.3) is 5.56 Å². The van der Waals surface area contributed by atoms with Crippen molar-refractivity contribution in [1.82, 2.24) is 9.55 Å². The van der Waals surface area contributed by atoms with E-state index in [9.17, 15) is 14.4 Å². The zero-order chi connectivity index (χ0) is 18.4. The third-order valence-electron chi connectivity index (χ3n) is 3.62. The van der Waals surface area contributed by atoms with Crippen LogP contribution in [0.2, 0.25) is 0 Å². The monoisotopic (exact) mass is 364 g/mol. The molecule has 0 bridgehead atoms. The van der Waals surface area contributed by atoms with E-state index in [1.807, 2.05) is 6.92 Å². The Kier molecular flexibility index (Phi) is 6.58. The summed E-state index contributed by atoms with van der Waals surface area (Å²) >= 11 is 1.14. The molecule has 0 saturated heterocycles. The van der Waals surface area contributed by atoms with E-state index in [-0.39, 0.29) is 11.3 Å². The predicted octanol–water partition coefficient (Wildman–Crippen LogP) is 2.25. The van der Waals surface area contributed by atoms with Crippen molar-refractivity contribution in [3.05, 3.63) is 34.1 Å². The number of hydrogen-bond acceptors (Lipinski definition) is 7. The number of hydrogen-bond donors (Lipinski definition) is 0. The van der Waals surface area contributed by atoms with Gasteiger partial charge < -0.3 is 9.47 Å². The van der Waals surface area contributed by atoms with Crippen molar-refractivity contribution in [1.29, 1.82) is 0 Å². The highest BCUT2D eigenvalue weighted by molar-refractivity contribution is 7.99. The van der Waals surface area contributed by atoms with E-state index in [4.69, 9.17) is 4.74 Å². The Morgan fingerprint density at radius 3 is 2.64 bits per heavy atom. The van der Waals surface area contributed by atoms with Crippen molar-refractivity contribution in [3.8, 4) is 0 Å². The van der Waals surface area contributed by atoms with Crippen molar-refractivity contribution in [2.45, 2.75) is 31.5 Å². The summed E-state index contributed by atoms with van der Waals surface area (Å²) in [5, 5.41) is 0.851. The number of thioether (sulfide) groups is 1. The lowest BCUT2D eigenvalue weighted by atomic mass is 10.1. The molecule has 0 atom stereocenters. The third-order valence-corrected chi connectivity index (χ3v) is 4.57. The average Bonchev–Trinajstić information content (AvgIpc) is 2.64. The van der Waals surface area contributed by atoms with Crippen LogP contribution in [0.15, 0.2) is 28.2 Å². The first-order chi connectivity index (χ1) is 12.0. The number of rotatable bonds is 7. The van der Waals surface area contributed by atoms with Crippen LogP contribution in [-0.2, 0) is 20.8 Å². The number of aromatic nitrogens is 2. The van der Waals surface area contributed by atoms with E-state index in [0.717, 1.165) is 24.6 Å². The summed E-state index contributed by atoms with van der Waals surface area (Å²) in [6.45, 7) is 2.55. The van der Waals surface area contributed by atoms with Gasteiger partial charge >= 0.3 is 11.9 Å². The van der Waals surface area contributed by atoms with Crippen molar-refractivity contribution >= 4 is 34.6 Å². The smallest absolute Gasteiger partial charge is 0.337 e. The summed E-state index contributed by atoms with van der Waals surface area (Å²) in [6, 6.07) is 4.64. The topological polar surface area (TPSA) is 87.5 Å². The fourth-order valence-corrected chi connectivity index (χ4v) is 3.11. The van der Waals surface area contributed by atoms with Crippen LogP contribution in [0.4, 0.5) is 0 Å². The SMILES string of the molecule is CCCCn1c(SCC(=O)OC)nc2cc(C(=O)OC)ccc2c1=O. The first-order valence-electron chi connectivity index (χ1n) is 7.84. The number of benzene rings is 1. The van der Waals surface area contributed by atoms with Crippen LogP contribution in [0.1, 0.15) is 30.1 Å². The fourth-order valence-electron chi connectivity index (χ4n) is 2.25. The predicted molar refractivity (Wildman–Crippen MR) is 95.0 cm³/mol. The minimum absolute atomic E-state index is 0.0528. The van der Waals surface area contributed by atoms with Gasteiger partial charge in [-0.2, -0.15) is 0 Å². The van der Waals surface area contributed by atoms with Crippen LogP contribution in [-0.4, -0.2) is 41.5 Å². The number of fused-ring (bicyclic) bond motifs is 1. The van der Waals surface area contributed by atoms with Gasteiger partial charge in [0.05, 0.1) is 36.4 Å². The third kappa shape index (κ3) is 4.39. The highest BCUT2D eigenvalue weighted by Gasteiger charge is 2.15. The normalized spacial score (nSPS) is 10.7. The zero-order valence-electron chi connectivity index (χ0n) is 14.4. The van der Waals surface area contributed by atoms with Crippen molar-refractivity contribution in [3.63, 3.8) is 0 Å². The van der Waals surface area contributed by atoms with E-state index >= 15 is 0 Å². The van der Waals surface area contributed by atoms with Crippen LogP contribution in [0.3, 0.4) is 0 Å². The van der Waals surface area contributed by atoms with Gasteiger partial charge in [-0.1, -0.05) is 25.1 Å². The highest BCUT2D eigenvalue weighted by atomic mass is 32.2. The summed E-state index contributed by atoms with van der Waals surface area (Å²) in [5.74, 6) is -0.843. The van der Waals surface area contributed by atoms with E-state index in [0.29, 0.717) is 28.2 Å². The van der Waals surface area contributed by atoms with Gasteiger partial charge in [0.2, 0.25) is 0 Å². The van der Waals surface area contributed by atoms with Gasteiger partial charge in [0.15, 0.2) is 5.16 Å². The van der Waals surface area contributed by atoms with Crippen molar-refractivity contribution < 1.29 is 19.1 Å². The fraction of sp³-hybridized carbons (Fsp3) is 0.412. The van der Waals surface area contributed by atoms with E-state index < -0.39 is 11.9 Å². The molecule has 1 aromatic carbocycles. The molecule has 0 N–H and O–H groups in total. The van der Waals surface area contributed by atoms with Crippen LogP contribution in [0, 0.1) is 0 Å². The van der Waals surface area contributed by atoms with Crippen molar-refractivity contribution in [2.75, 3.05) is 20.0 Å². The number of carbonyl (C=O) groups excluding carboxylic acids is 2. The minimum atomic E-state index is -0.498. The molecule has 25 heavy (non-hydrogen) atoms. The first kappa shape index (κ1) is 19.0. The molecule has 2 rings (SSSR count). The Hall–Kier alpha value is -2.35. The Bertz CT molecular complexity index is 847. The second-order valence-corrected chi connectivity index (χ2v) is 6.24. The molecule has 8 heteroatoms. The molecule has 0 amide bonds. The summed E-state index contributed by atoms with van der Waals surface area (Å²) in [7, 11) is 2.60. The van der Waals surface area contributed by atoms with E-state index in [1.54, 1.807) is 16.7 Å². The first-order valence-corrected chi connectivity index (χ1v) is 8.82. The summed E-state index contributed by atoms with van der Waals surface area (Å²) < 4.78 is 10.9. The second-order valence-electron chi connectivity index (χ2n) is 5.29. The molecule has 0 fully saturated rings. The molecular weight excluding hydrogens is 344 g/mol. The molecule has 0 unspecified atom stereocenters. The van der Waals surface area contributed by atoms with Gasteiger partial charge in [0, 0.05) is 6.54 Å². The van der Waals surface area contributed by atoms with Gasteiger partial charge in [-0.3, -0.25) is 14.2 Å². The summed E-state index contributed by atoms with van der Waals surface area (Å²) in [4.78, 5) is 40.4. The lowest BCUT2D eigenvalue weighted by Gasteiger charge is -2.12. The molecule has 0 saturated carbocycles. The van der Waals surface area contributed by atoms with Gasteiger partial charge in [0.1, 0.15) is 0 Å². The Balaban J connectivity index is 2.54. The Labute approximate surface area is 149 Å². The van der Waals surface area contributed by atoms with E-state index in [2.05, 4.69) is 9.72 Å². The number of carbonyl (C=O) groups is 2. The van der Waals surface area contributed by atoms with Gasteiger partial charge in [-0.25, -0.2) is 9.78 Å². The number of methoxy groups -OCH3 is 2. The van der Waals surface area contributed by atoms with Crippen LogP contribution in [0.5, 0.6) is 0 Å². The highest BCUT2D eigenvalue weighted by Crippen LogP contribution is 2.20. The molecule has 0 aliphatic heterocycles. The average molecular weight is 364 g/mol. The van der Waals surface area contributed by atoms with Gasteiger partial charge in [-0.15, -0.1) is 0 Å². The number of nitrogens with zero attached hydrogens (tertiary/aromatic N) is 2. The molecule has 0 radical (unpaired) electrons. The lowest BCUT2D eigenvalue weighted by Crippen LogP contribution is -2.24. The maximum Gasteiger partial charge on any atom is 0.337 e. The summed E-state index contributed by atoms with van der Waals surface area (Å²) in [6.07, 6.45) is 1.74. The number of ether oxygens (including phenoxy) is 2. The maximum absolute atomic E-state index is 12.8. The largest absolute Gasteiger partial charge is 0.468 e. The van der Waals surface area contributed by atoms with Gasteiger partial charge in [-0.05, 0) is 24.6 Å². The summed E-state index contributed by atoms with van der Waals surface area (Å²) in [5.41, 5.74) is 0.521.